The van der Waals surface area contributed by atoms with Gasteiger partial charge in [0.15, 0.2) is 0 Å². The summed E-state index contributed by atoms with van der Waals surface area (Å²) in [5, 5.41) is 20.6. The molecule has 0 spiro atoms. The molecule has 3 rings (SSSR count). The second kappa shape index (κ2) is 8.86. The van der Waals surface area contributed by atoms with E-state index in [1.54, 1.807) is 0 Å². The second-order valence-corrected chi connectivity index (χ2v) is 8.11. The fourth-order valence-electron chi connectivity index (χ4n) is 4.33. The molecule has 0 aromatic heterocycles. The first-order chi connectivity index (χ1) is 13.6. The molecular formula is C23H28F3NO2. The van der Waals surface area contributed by atoms with Crippen LogP contribution < -0.4 is 0 Å². The first-order valence-corrected chi connectivity index (χ1v) is 10.0. The fraction of sp³-hybridized carbons (Fsp3) is 0.478. The van der Waals surface area contributed by atoms with Crippen molar-refractivity contribution in [1.82, 2.24) is 4.90 Å². The molecule has 1 saturated heterocycles. The summed E-state index contributed by atoms with van der Waals surface area (Å²) in [4.78, 5) is 2.22. The Labute approximate surface area is 169 Å². The summed E-state index contributed by atoms with van der Waals surface area (Å²) in [5.41, 5.74) is 1.75. The van der Waals surface area contributed by atoms with Crippen molar-refractivity contribution in [1.29, 1.82) is 0 Å². The van der Waals surface area contributed by atoms with Crippen LogP contribution in [0.1, 0.15) is 37.8 Å². The molecule has 0 amide bonds. The van der Waals surface area contributed by atoms with Gasteiger partial charge in [0, 0.05) is 25.0 Å². The van der Waals surface area contributed by atoms with E-state index >= 15 is 0 Å². The maximum Gasteiger partial charge on any atom is 0.416 e. The van der Waals surface area contributed by atoms with E-state index in [9.17, 15) is 23.4 Å². The third-order valence-corrected chi connectivity index (χ3v) is 5.78. The van der Waals surface area contributed by atoms with Crippen LogP contribution in [0.5, 0.6) is 0 Å². The average Bonchev–Trinajstić information content (AvgIpc) is 2.64. The molecule has 1 aliphatic heterocycles. The zero-order valence-electron chi connectivity index (χ0n) is 16.7. The zero-order chi connectivity index (χ0) is 21.2. The predicted octanol–water partition coefficient (Wildman–Crippen LogP) is 4.51. The molecule has 1 aliphatic rings. The molecule has 6 heteroatoms. The molecule has 0 bridgehead atoms. The number of rotatable bonds is 5. The van der Waals surface area contributed by atoms with Crippen LogP contribution >= 0.6 is 0 Å². The smallest absolute Gasteiger partial charge is 0.393 e. The maximum atomic E-state index is 12.8. The number of alkyl halides is 3. The number of hydrogen-bond donors (Lipinski definition) is 2. The molecule has 0 aliphatic carbocycles. The van der Waals surface area contributed by atoms with Crippen molar-refractivity contribution in [3.05, 3.63) is 59.7 Å². The normalized spacial score (nSPS) is 24.4. The molecule has 0 radical (unpaired) electrons. The molecule has 158 valence electrons. The van der Waals surface area contributed by atoms with E-state index in [-0.39, 0.29) is 18.2 Å². The van der Waals surface area contributed by atoms with Crippen molar-refractivity contribution in [2.45, 2.75) is 63.6 Å². The number of halogens is 3. The van der Waals surface area contributed by atoms with Gasteiger partial charge in [-0.1, -0.05) is 36.4 Å². The Balaban J connectivity index is 1.74. The quantitative estimate of drug-likeness (QED) is 0.767. The first kappa shape index (κ1) is 21.8. The number of hydrogen-bond acceptors (Lipinski definition) is 3. The highest BCUT2D eigenvalue weighted by Crippen LogP contribution is 2.32. The highest BCUT2D eigenvalue weighted by atomic mass is 19.4. The van der Waals surface area contributed by atoms with Crippen molar-refractivity contribution >= 4 is 0 Å². The lowest BCUT2D eigenvalue weighted by Crippen LogP contribution is -2.51. The molecule has 3 atom stereocenters. The van der Waals surface area contributed by atoms with Gasteiger partial charge in [-0.25, -0.2) is 0 Å². The average molecular weight is 407 g/mol. The maximum absolute atomic E-state index is 12.8. The number of likely N-dealkylation sites (tertiary alicyclic amines) is 1. The van der Waals surface area contributed by atoms with Gasteiger partial charge in [-0.2, -0.15) is 13.2 Å². The summed E-state index contributed by atoms with van der Waals surface area (Å²) in [6.45, 7) is 4.61. The second-order valence-electron chi connectivity index (χ2n) is 8.11. The van der Waals surface area contributed by atoms with Gasteiger partial charge in [0.2, 0.25) is 0 Å². The van der Waals surface area contributed by atoms with Crippen LogP contribution in [0.15, 0.2) is 48.5 Å². The molecule has 29 heavy (non-hydrogen) atoms. The monoisotopic (exact) mass is 407 g/mol. The van der Waals surface area contributed by atoms with E-state index in [4.69, 9.17) is 0 Å². The Morgan fingerprint density at radius 2 is 1.59 bits per heavy atom. The molecule has 2 aromatic carbocycles. The summed E-state index contributed by atoms with van der Waals surface area (Å²) in [5.74, 6) is 0. The number of nitrogens with zero attached hydrogens (tertiary/aromatic N) is 1. The largest absolute Gasteiger partial charge is 0.416 e. The summed E-state index contributed by atoms with van der Waals surface area (Å²) in [6, 6.07) is 13.0. The molecular weight excluding hydrogens is 379 g/mol. The van der Waals surface area contributed by atoms with Gasteiger partial charge in [-0.15, -0.1) is 0 Å². The van der Waals surface area contributed by atoms with Crippen molar-refractivity contribution in [2.24, 2.45) is 0 Å². The standard InChI is InChI=1S/C23H28F3NO2/c1-15-11-20(28)12-16(2)27(15)14-21(29)13-18-5-3-4-6-22(18)17-7-9-19(10-8-17)23(24,25)26/h3-10,15-16,20-21,28-29H,11-14H2,1-2H3. The summed E-state index contributed by atoms with van der Waals surface area (Å²) < 4.78 is 38.5. The van der Waals surface area contributed by atoms with Crippen LogP contribution in [-0.2, 0) is 12.6 Å². The van der Waals surface area contributed by atoms with E-state index in [2.05, 4.69) is 18.7 Å². The fourth-order valence-corrected chi connectivity index (χ4v) is 4.33. The highest BCUT2D eigenvalue weighted by Gasteiger charge is 2.31. The molecule has 1 heterocycles. The number of aliphatic hydroxyl groups is 2. The molecule has 2 aromatic rings. The molecule has 3 unspecified atom stereocenters. The molecule has 0 saturated carbocycles. The number of aliphatic hydroxyl groups excluding tert-OH is 2. The Morgan fingerprint density at radius 3 is 2.17 bits per heavy atom. The van der Waals surface area contributed by atoms with Crippen molar-refractivity contribution in [2.75, 3.05) is 6.54 Å². The van der Waals surface area contributed by atoms with Crippen LogP contribution in [-0.4, -0.2) is 45.9 Å². The van der Waals surface area contributed by atoms with Crippen LogP contribution in [0.3, 0.4) is 0 Å². The third-order valence-electron chi connectivity index (χ3n) is 5.78. The SMILES string of the molecule is CC1CC(O)CC(C)N1CC(O)Cc1ccccc1-c1ccc(C(F)(F)F)cc1. The van der Waals surface area contributed by atoms with Crippen LogP contribution in [0.4, 0.5) is 13.2 Å². The number of benzene rings is 2. The van der Waals surface area contributed by atoms with Crippen molar-refractivity contribution < 1.29 is 23.4 Å². The molecule has 2 N–H and O–H groups in total. The van der Waals surface area contributed by atoms with Gasteiger partial charge in [-0.05, 0) is 55.5 Å². The minimum absolute atomic E-state index is 0.188. The van der Waals surface area contributed by atoms with Gasteiger partial charge in [-0.3, -0.25) is 4.90 Å². The number of β-amino-alcohol motifs (C(OH)–C–C–N with tert-alkyl or cyclic N) is 1. The van der Waals surface area contributed by atoms with Gasteiger partial charge in [0.1, 0.15) is 0 Å². The minimum Gasteiger partial charge on any atom is -0.393 e. The molecule has 1 fully saturated rings. The van der Waals surface area contributed by atoms with Gasteiger partial charge in [0.25, 0.3) is 0 Å². The van der Waals surface area contributed by atoms with E-state index in [1.165, 1.54) is 12.1 Å². The Hall–Kier alpha value is -1.89. The van der Waals surface area contributed by atoms with E-state index in [0.29, 0.717) is 31.4 Å². The highest BCUT2D eigenvalue weighted by molar-refractivity contribution is 5.67. The third kappa shape index (κ3) is 5.38. The lowest BCUT2D eigenvalue weighted by Gasteiger charge is -2.42. The Kier molecular flexibility index (Phi) is 6.66. The van der Waals surface area contributed by atoms with Crippen molar-refractivity contribution in [3.8, 4) is 11.1 Å². The Morgan fingerprint density at radius 1 is 1.00 bits per heavy atom. The lowest BCUT2D eigenvalue weighted by molar-refractivity contribution is -0.137. The van der Waals surface area contributed by atoms with Gasteiger partial charge in [0.05, 0.1) is 17.8 Å². The van der Waals surface area contributed by atoms with Crippen LogP contribution in [0.2, 0.25) is 0 Å². The van der Waals surface area contributed by atoms with E-state index < -0.39 is 17.8 Å². The minimum atomic E-state index is -4.36. The van der Waals surface area contributed by atoms with E-state index in [0.717, 1.165) is 23.3 Å². The van der Waals surface area contributed by atoms with Crippen LogP contribution in [0, 0.1) is 0 Å². The summed E-state index contributed by atoms with van der Waals surface area (Å²) >= 11 is 0. The molecule has 3 nitrogen and oxygen atoms in total. The predicted molar refractivity (Wildman–Crippen MR) is 107 cm³/mol. The van der Waals surface area contributed by atoms with E-state index in [1.807, 2.05) is 24.3 Å². The van der Waals surface area contributed by atoms with Gasteiger partial charge < -0.3 is 10.2 Å². The lowest BCUT2D eigenvalue weighted by atomic mass is 9.92. The summed E-state index contributed by atoms with van der Waals surface area (Å²) in [7, 11) is 0. The van der Waals surface area contributed by atoms with Crippen LogP contribution in [0.25, 0.3) is 11.1 Å². The first-order valence-electron chi connectivity index (χ1n) is 10.0. The van der Waals surface area contributed by atoms with Crippen molar-refractivity contribution in [3.63, 3.8) is 0 Å². The Bertz CT molecular complexity index is 795. The number of piperidine rings is 1. The zero-order valence-corrected chi connectivity index (χ0v) is 16.7. The van der Waals surface area contributed by atoms with Gasteiger partial charge >= 0.3 is 6.18 Å². The summed E-state index contributed by atoms with van der Waals surface area (Å²) in [6.07, 6.45) is -3.46. The topological polar surface area (TPSA) is 43.7 Å².